The molecule has 0 radical (unpaired) electrons. The molecule has 0 aliphatic heterocycles. The summed E-state index contributed by atoms with van der Waals surface area (Å²) in [6, 6.07) is 4.53. The lowest BCUT2D eigenvalue weighted by Crippen LogP contribution is -1.99. The van der Waals surface area contributed by atoms with Gasteiger partial charge in [-0.25, -0.2) is 9.07 Å². The lowest BCUT2D eigenvalue weighted by Gasteiger charge is -2.02. The van der Waals surface area contributed by atoms with Crippen molar-refractivity contribution in [3.8, 4) is 5.69 Å². The maximum atomic E-state index is 13.6. The second-order valence-corrected chi connectivity index (χ2v) is 3.97. The number of anilines is 1. The van der Waals surface area contributed by atoms with Crippen molar-refractivity contribution in [2.24, 2.45) is 0 Å². The van der Waals surface area contributed by atoms with E-state index >= 15 is 0 Å². The fourth-order valence-corrected chi connectivity index (χ4v) is 1.60. The molecule has 0 bridgehead atoms. The van der Waals surface area contributed by atoms with Crippen LogP contribution in [0.25, 0.3) is 5.69 Å². The first-order valence-electron chi connectivity index (χ1n) is 5.67. The van der Waals surface area contributed by atoms with Crippen LogP contribution in [0.15, 0.2) is 24.4 Å². The van der Waals surface area contributed by atoms with E-state index in [0.29, 0.717) is 11.4 Å². The fourth-order valence-electron chi connectivity index (χ4n) is 1.60. The number of hydrogen-bond donors (Lipinski definition) is 1. The van der Waals surface area contributed by atoms with Crippen molar-refractivity contribution in [3.63, 3.8) is 0 Å². The minimum Gasteiger partial charge on any atom is -0.399 e. The monoisotopic (exact) mass is 234 g/mol. The number of hydrogen-bond acceptors (Lipinski definition) is 3. The maximum absolute atomic E-state index is 13.6. The van der Waals surface area contributed by atoms with Crippen molar-refractivity contribution in [1.82, 2.24) is 15.0 Å². The highest BCUT2D eigenvalue weighted by Crippen LogP contribution is 2.15. The number of aromatic nitrogens is 3. The predicted octanol–water partition coefficient (Wildman–Crippen LogP) is 2.33. The van der Waals surface area contributed by atoms with E-state index in [1.807, 2.05) is 0 Å². The smallest absolute Gasteiger partial charge is 0.150 e. The number of nitrogens with zero attached hydrogens (tertiary/aromatic N) is 3. The molecule has 4 nitrogen and oxygen atoms in total. The minimum absolute atomic E-state index is 0.370. The fraction of sp³-hybridized carbons (Fsp3) is 0.333. The summed E-state index contributed by atoms with van der Waals surface area (Å²) in [7, 11) is 0. The lowest BCUT2D eigenvalue weighted by atomic mass is 10.2. The number of benzene rings is 1. The van der Waals surface area contributed by atoms with Crippen molar-refractivity contribution >= 4 is 5.69 Å². The number of unbranched alkanes of at least 4 members (excludes halogenated alkanes) is 1. The predicted molar refractivity (Wildman–Crippen MR) is 64.3 cm³/mol. The van der Waals surface area contributed by atoms with Crippen LogP contribution >= 0.6 is 0 Å². The molecule has 1 aromatic heterocycles. The van der Waals surface area contributed by atoms with E-state index < -0.39 is 5.82 Å². The zero-order valence-electron chi connectivity index (χ0n) is 9.73. The molecule has 0 aliphatic rings. The van der Waals surface area contributed by atoms with Gasteiger partial charge < -0.3 is 5.73 Å². The van der Waals surface area contributed by atoms with Crippen LogP contribution in [-0.4, -0.2) is 15.0 Å². The van der Waals surface area contributed by atoms with Gasteiger partial charge >= 0.3 is 0 Å². The molecule has 0 saturated carbocycles. The highest BCUT2D eigenvalue weighted by Gasteiger charge is 2.07. The van der Waals surface area contributed by atoms with Crippen molar-refractivity contribution in [2.45, 2.75) is 26.2 Å². The number of nitrogen functional groups attached to an aromatic ring is 1. The van der Waals surface area contributed by atoms with Crippen LogP contribution in [0.3, 0.4) is 0 Å². The zero-order valence-corrected chi connectivity index (χ0v) is 9.73. The van der Waals surface area contributed by atoms with Crippen molar-refractivity contribution in [3.05, 3.63) is 35.9 Å². The average molecular weight is 234 g/mol. The molecule has 0 aliphatic carbocycles. The Hall–Kier alpha value is -1.91. The Balaban J connectivity index is 2.24. The quantitative estimate of drug-likeness (QED) is 0.826. The van der Waals surface area contributed by atoms with E-state index in [4.69, 9.17) is 5.73 Å². The van der Waals surface area contributed by atoms with Gasteiger partial charge in [-0.15, -0.1) is 5.10 Å². The Bertz CT molecular complexity index is 507. The molecule has 0 fully saturated rings. The Morgan fingerprint density at radius 3 is 2.94 bits per heavy atom. The summed E-state index contributed by atoms with van der Waals surface area (Å²) in [5, 5.41) is 7.92. The standard InChI is InChI=1S/C12H15FN4/c1-2-3-4-10-8-17(16-15-10)12-6-5-9(14)7-11(12)13/h5-8H,2-4,14H2,1H3. The first kappa shape index (κ1) is 11.6. The first-order valence-corrected chi connectivity index (χ1v) is 5.67. The van der Waals surface area contributed by atoms with Crippen LogP contribution in [0.1, 0.15) is 25.5 Å². The van der Waals surface area contributed by atoms with E-state index in [2.05, 4.69) is 17.2 Å². The lowest BCUT2D eigenvalue weighted by molar-refractivity contribution is 0.607. The third kappa shape index (κ3) is 2.61. The zero-order chi connectivity index (χ0) is 12.3. The summed E-state index contributed by atoms with van der Waals surface area (Å²) in [6.45, 7) is 2.12. The first-order chi connectivity index (χ1) is 8.20. The van der Waals surface area contributed by atoms with Gasteiger partial charge in [0.25, 0.3) is 0 Å². The number of rotatable bonds is 4. The summed E-state index contributed by atoms with van der Waals surface area (Å²) in [5.41, 5.74) is 7.14. The molecule has 1 aromatic carbocycles. The number of nitrogens with two attached hydrogens (primary N) is 1. The Morgan fingerprint density at radius 2 is 2.24 bits per heavy atom. The normalized spacial score (nSPS) is 10.7. The second kappa shape index (κ2) is 4.95. The number of halogens is 1. The third-order valence-electron chi connectivity index (χ3n) is 2.55. The molecule has 2 N–H and O–H groups in total. The summed E-state index contributed by atoms with van der Waals surface area (Å²) >= 11 is 0. The minimum atomic E-state index is -0.392. The summed E-state index contributed by atoms with van der Waals surface area (Å²) < 4.78 is 15.1. The SMILES string of the molecule is CCCCc1cn(-c2ccc(N)cc2F)nn1. The van der Waals surface area contributed by atoms with Gasteiger partial charge in [0.15, 0.2) is 5.82 Å². The summed E-state index contributed by atoms with van der Waals surface area (Å²) in [4.78, 5) is 0. The van der Waals surface area contributed by atoms with Gasteiger partial charge in [0.2, 0.25) is 0 Å². The molecule has 2 rings (SSSR count). The van der Waals surface area contributed by atoms with Gasteiger partial charge in [-0.05, 0) is 31.0 Å². The van der Waals surface area contributed by atoms with Gasteiger partial charge in [-0.1, -0.05) is 18.6 Å². The Kier molecular flexibility index (Phi) is 3.37. The van der Waals surface area contributed by atoms with E-state index in [-0.39, 0.29) is 0 Å². The largest absolute Gasteiger partial charge is 0.399 e. The molecule has 0 amide bonds. The molecule has 90 valence electrons. The number of aryl methyl sites for hydroxylation is 1. The average Bonchev–Trinajstić information content (AvgIpc) is 2.75. The maximum Gasteiger partial charge on any atom is 0.150 e. The van der Waals surface area contributed by atoms with Crippen LogP contribution in [0.2, 0.25) is 0 Å². The molecule has 0 saturated heterocycles. The van der Waals surface area contributed by atoms with Gasteiger partial charge in [0.05, 0.1) is 11.9 Å². The van der Waals surface area contributed by atoms with E-state index in [1.165, 1.54) is 10.7 Å². The topological polar surface area (TPSA) is 56.7 Å². The summed E-state index contributed by atoms with van der Waals surface area (Å²) in [6.07, 6.45) is 4.78. The van der Waals surface area contributed by atoms with E-state index in [0.717, 1.165) is 25.0 Å². The molecule has 0 spiro atoms. The van der Waals surface area contributed by atoms with Crippen molar-refractivity contribution in [1.29, 1.82) is 0 Å². The van der Waals surface area contributed by atoms with Crippen LogP contribution in [0, 0.1) is 5.82 Å². The molecule has 0 atom stereocenters. The van der Waals surface area contributed by atoms with Gasteiger partial charge in [0, 0.05) is 5.69 Å². The Morgan fingerprint density at radius 1 is 1.41 bits per heavy atom. The van der Waals surface area contributed by atoms with Crippen LogP contribution < -0.4 is 5.73 Å². The molecule has 2 aromatic rings. The molecule has 17 heavy (non-hydrogen) atoms. The second-order valence-electron chi connectivity index (χ2n) is 3.97. The van der Waals surface area contributed by atoms with Gasteiger partial charge in [-0.2, -0.15) is 0 Å². The van der Waals surface area contributed by atoms with Crippen LogP contribution in [0.5, 0.6) is 0 Å². The summed E-state index contributed by atoms with van der Waals surface area (Å²) in [5.74, 6) is -0.392. The van der Waals surface area contributed by atoms with E-state index in [9.17, 15) is 4.39 Å². The van der Waals surface area contributed by atoms with E-state index in [1.54, 1.807) is 18.3 Å². The highest BCUT2D eigenvalue weighted by atomic mass is 19.1. The van der Waals surface area contributed by atoms with Crippen LogP contribution in [0.4, 0.5) is 10.1 Å². The molecular formula is C12H15FN4. The van der Waals surface area contributed by atoms with Crippen molar-refractivity contribution < 1.29 is 4.39 Å². The molecule has 1 heterocycles. The Labute approximate surface area is 99.2 Å². The highest BCUT2D eigenvalue weighted by molar-refractivity contribution is 5.45. The molecular weight excluding hydrogens is 219 g/mol. The van der Waals surface area contributed by atoms with Crippen molar-refractivity contribution in [2.75, 3.05) is 5.73 Å². The van der Waals surface area contributed by atoms with Gasteiger partial charge in [0.1, 0.15) is 5.69 Å². The molecule has 0 unspecified atom stereocenters. The molecule has 5 heteroatoms. The van der Waals surface area contributed by atoms with Gasteiger partial charge in [-0.3, -0.25) is 0 Å². The van der Waals surface area contributed by atoms with Crippen LogP contribution in [-0.2, 0) is 6.42 Å². The third-order valence-corrected chi connectivity index (χ3v) is 2.55.